The highest BCUT2D eigenvalue weighted by molar-refractivity contribution is 5.28. The van der Waals surface area contributed by atoms with Crippen LogP contribution in [0, 0.1) is 0 Å². The fraction of sp³-hybridized carbons (Fsp3) is 0.571. The first-order valence-corrected chi connectivity index (χ1v) is 6.30. The SMILES string of the molecule is CC/C=C(/N)C(C)(O)N[C@H](C)C1=CCCC=C1. The Morgan fingerprint density at radius 2 is 2.35 bits per heavy atom. The standard InChI is InChI=1S/C14H24N2O/c1-4-8-13(15)14(3,17)16-11(2)12-9-6-5-7-10-12/h6,8-11,16-17H,4-5,7,15H2,1-3H3/b13-8+/t11-,14?/m1/s1. The number of aliphatic hydroxyl groups is 1. The normalized spacial score (nSPS) is 21.9. The number of hydrogen-bond donors (Lipinski definition) is 3. The van der Waals surface area contributed by atoms with E-state index in [1.807, 2.05) is 19.9 Å². The zero-order valence-electron chi connectivity index (χ0n) is 11.0. The van der Waals surface area contributed by atoms with Crippen molar-refractivity contribution < 1.29 is 5.11 Å². The van der Waals surface area contributed by atoms with Crippen LogP contribution in [-0.2, 0) is 0 Å². The molecular formula is C14H24N2O. The summed E-state index contributed by atoms with van der Waals surface area (Å²) in [6.07, 6.45) is 11.3. The summed E-state index contributed by atoms with van der Waals surface area (Å²) >= 11 is 0. The van der Waals surface area contributed by atoms with E-state index in [-0.39, 0.29) is 6.04 Å². The molecule has 0 bridgehead atoms. The van der Waals surface area contributed by atoms with Gasteiger partial charge in [-0.05, 0) is 38.7 Å². The lowest BCUT2D eigenvalue weighted by molar-refractivity contribution is 0.0532. The molecule has 3 heteroatoms. The summed E-state index contributed by atoms with van der Waals surface area (Å²) in [6, 6.07) is 0.0883. The molecule has 0 fully saturated rings. The van der Waals surface area contributed by atoms with Gasteiger partial charge in [0.05, 0.1) is 5.70 Å². The van der Waals surface area contributed by atoms with Gasteiger partial charge in [0.25, 0.3) is 0 Å². The minimum Gasteiger partial charge on any atom is -0.399 e. The van der Waals surface area contributed by atoms with Crippen LogP contribution in [0.1, 0.15) is 40.0 Å². The number of rotatable bonds is 5. The molecule has 0 aromatic rings. The van der Waals surface area contributed by atoms with Gasteiger partial charge >= 0.3 is 0 Å². The molecule has 0 spiro atoms. The minimum absolute atomic E-state index is 0.0883. The molecule has 1 rings (SSSR count). The summed E-state index contributed by atoms with van der Waals surface area (Å²) < 4.78 is 0. The van der Waals surface area contributed by atoms with Crippen molar-refractivity contribution in [1.29, 1.82) is 0 Å². The molecule has 1 unspecified atom stereocenters. The van der Waals surface area contributed by atoms with Crippen LogP contribution in [0.15, 0.2) is 35.6 Å². The smallest absolute Gasteiger partial charge is 0.153 e. The van der Waals surface area contributed by atoms with Crippen LogP contribution >= 0.6 is 0 Å². The molecule has 17 heavy (non-hydrogen) atoms. The third kappa shape index (κ3) is 4.02. The monoisotopic (exact) mass is 236 g/mol. The molecular weight excluding hydrogens is 212 g/mol. The fourth-order valence-corrected chi connectivity index (χ4v) is 1.96. The summed E-state index contributed by atoms with van der Waals surface area (Å²) in [5.41, 5.74) is 6.39. The molecule has 2 atom stereocenters. The maximum absolute atomic E-state index is 10.3. The van der Waals surface area contributed by atoms with Gasteiger partial charge in [-0.3, -0.25) is 5.32 Å². The summed E-state index contributed by atoms with van der Waals surface area (Å²) in [6.45, 7) is 5.73. The van der Waals surface area contributed by atoms with Gasteiger partial charge < -0.3 is 10.8 Å². The number of nitrogens with one attached hydrogen (secondary N) is 1. The Morgan fingerprint density at radius 3 is 2.88 bits per heavy atom. The van der Waals surface area contributed by atoms with Gasteiger partial charge in [-0.25, -0.2) is 0 Å². The Kier molecular flexibility index (Phi) is 4.97. The molecule has 0 saturated carbocycles. The van der Waals surface area contributed by atoms with Crippen molar-refractivity contribution in [3.63, 3.8) is 0 Å². The predicted molar refractivity (Wildman–Crippen MR) is 72.2 cm³/mol. The Bertz CT molecular complexity index is 340. The van der Waals surface area contributed by atoms with Gasteiger partial charge in [0, 0.05) is 6.04 Å². The molecule has 0 aromatic heterocycles. The van der Waals surface area contributed by atoms with Crippen molar-refractivity contribution in [3.8, 4) is 0 Å². The van der Waals surface area contributed by atoms with Crippen LogP contribution in [0.25, 0.3) is 0 Å². The highest BCUT2D eigenvalue weighted by Crippen LogP contribution is 2.17. The molecule has 96 valence electrons. The zero-order valence-corrected chi connectivity index (χ0v) is 11.0. The minimum atomic E-state index is -1.15. The molecule has 1 aliphatic carbocycles. The maximum Gasteiger partial charge on any atom is 0.153 e. The van der Waals surface area contributed by atoms with Gasteiger partial charge in [-0.2, -0.15) is 0 Å². The quantitative estimate of drug-likeness (QED) is 0.641. The number of allylic oxidation sites excluding steroid dienone is 3. The lowest BCUT2D eigenvalue weighted by atomic mass is 9.99. The Morgan fingerprint density at radius 1 is 1.65 bits per heavy atom. The Balaban J connectivity index is 2.67. The van der Waals surface area contributed by atoms with Crippen molar-refractivity contribution in [1.82, 2.24) is 5.32 Å². The maximum atomic E-state index is 10.3. The van der Waals surface area contributed by atoms with E-state index in [4.69, 9.17) is 5.73 Å². The Hall–Kier alpha value is -1.06. The van der Waals surface area contributed by atoms with Crippen LogP contribution in [0.5, 0.6) is 0 Å². The van der Waals surface area contributed by atoms with Gasteiger partial charge in [-0.15, -0.1) is 0 Å². The third-order valence-corrected chi connectivity index (χ3v) is 3.01. The second-order valence-corrected chi connectivity index (χ2v) is 4.69. The first-order valence-electron chi connectivity index (χ1n) is 6.30. The first-order chi connectivity index (χ1) is 7.97. The highest BCUT2D eigenvalue weighted by Gasteiger charge is 2.26. The molecule has 4 N–H and O–H groups in total. The average Bonchev–Trinajstić information content (AvgIpc) is 2.30. The van der Waals surface area contributed by atoms with E-state index in [1.54, 1.807) is 6.92 Å². The Labute approximate surface area is 104 Å². The molecule has 0 aliphatic heterocycles. The lowest BCUT2D eigenvalue weighted by Gasteiger charge is -2.30. The molecule has 0 radical (unpaired) electrons. The van der Waals surface area contributed by atoms with E-state index in [1.165, 1.54) is 5.57 Å². The molecule has 3 nitrogen and oxygen atoms in total. The van der Waals surface area contributed by atoms with Gasteiger partial charge in [0.1, 0.15) is 0 Å². The van der Waals surface area contributed by atoms with E-state index in [2.05, 4.69) is 23.5 Å². The largest absolute Gasteiger partial charge is 0.399 e. The van der Waals surface area contributed by atoms with Crippen LogP contribution in [0.4, 0.5) is 0 Å². The van der Waals surface area contributed by atoms with Crippen molar-refractivity contribution in [2.45, 2.75) is 51.8 Å². The lowest BCUT2D eigenvalue weighted by Crippen LogP contribution is -2.51. The summed E-state index contributed by atoms with van der Waals surface area (Å²) in [4.78, 5) is 0. The zero-order chi connectivity index (χ0) is 12.9. The average molecular weight is 236 g/mol. The fourth-order valence-electron chi connectivity index (χ4n) is 1.96. The van der Waals surface area contributed by atoms with E-state index in [0.29, 0.717) is 5.70 Å². The van der Waals surface area contributed by atoms with Crippen molar-refractivity contribution in [2.24, 2.45) is 5.73 Å². The van der Waals surface area contributed by atoms with E-state index in [0.717, 1.165) is 19.3 Å². The van der Waals surface area contributed by atoms with Gasteiger partial charge in [-0.1, -0.05) is 31.2 Å². The van der Waals surface area contributed by atoms with Crippen LogP contribution in [0.3, 0.4) is 0 Å². The van der Waals surface area contributed by atoms with Gasteiger partial charge in [0.15, 0.2) is 5.72 Å². The molecule has 0 heterocycles. The molecule has 0 amide bonds. The third-order valence-electron chi connectivity index (χ3n) is 3.01. The summed E-state index contributed by atoms with van der Waals surface area (Å²) in [5, 5.41) is 13.4. The number of hydrogen-bond acceptors (Lipinski definition) is 3. The predicted octanol–water partition coefficient (Wildman–Crippen LogP) is 2.20. The van der Waals surface area contributed by atoms with Crippen molar-refractivity contribution >= 4 is 0 Å². The van der Waals surface area contributed by atoms with E-state index in [9.17, 15) is 5.11 Å². The topological polar surface area (TPSA) is 58.3 Å². The second kappa shape index (κ2) is 6.03. The first kappa shape index (κ1) is 14.0. The van der Waals surface area contributed by atoms with Crippen LogP contribution in [-0.4, -0.2) is 16.9 Å². The van der Waals surface area contributed by atoms with Crippen LogP contribution in [0.2, 0.25) is 0 Å². The summed E-state index contributed by atoms with van der Waals surface area (Å²) in [7, 11) is 0. The van der Waals surface area contributed by atoms with E-state index < -0.39 is 5.72 Å². The highest BCUT2D eigenvalue weighted by atomic mass is 16.3. The molecule has 0 aromatic carbocycles. The number of nitrogens with two attached hydrogens (primary N) is 1. The van der Waals surface area contributed by atoms with Crippen molar-refractivity contribution in [2.75, 3.05) is 0 Å². The van der Waals surface area contributed by atoms with Gasteiger partial charge in [0.2, 0.25) is 0 Å². The van der Waals surface area contributed by atoms with E-state index >= 15 is 0 Å². The summed E-state index contributed by atoms with van der Waals surface area (Å²) in [5.74, 6) is 0. The second-order valence-electron chi connectivity index (χ2n) is 4.69. The molecule has 0 saturated heterocycles. The molecule has 1 aliphatic rings. The van der Waals surface area contributed by atoms with Crippen molar-refractivity contribution in [3.05, 3.63) is 35.6 Å². The van der Waals surface area contributed by atoms with Crippen LogP contribution < -0.4 is 11.1 Å².